The molecule has 1 fully saturated rings. The van der Waals surface area contributed by atoms with E-state index in [9.17, 15) is 15.2 Å². The number of nitrogens with zero attached hydrogens (tertiary/aromatic N) is 2. The summed E-state index contributed by atoms with van der Waals surface area (Å²) in [5.74, 6) is -0.523. The number of benzene rings is 1. The molecule has 1 aromatic heterocycles. The van der Waals surface area contributed by atoms with Crippen LogP contribution in [0.15, 0.2) is 30.5 Å². The average Bonchev–Trinajstić information content (AvgIpc) is 3.19. The number of carbonyl (C=O) groups excluding carboxylic acids is 1. The molecule has 2 heterocycles. The van der Waals surface area contributed by atoms with Gasteiger partial charge in [0.1, 0.15) is 6.10 Å². The highest BCUT2D eigenvalue weighted by atomic mass is 35.5. The number of halogens is 1. The first-order valence-electron chi connectivity index (χ1n) is 10.4. The fourth-order valence-corrected chi connectivity index (χ4v) is 4.48. The average molecular weight is 449 g/mol. The van der Waals surface area contributed by atoms with Crippen LogP contribution in [-0.2, 0) is 21.0 Å². The van der Waals surface area contributed by atoms with Gasteiger partial charge in [0.25, 0.3) is 0 Å². The minimum absolute atomic E-state index is 0.161. The molecule has 0 spiro atoms. The van der Waals surface area contributed by atoms with E-state index in [-0.39, 0.29) is 18.6 Å². The third-order valence-corrected chi connectivity index (χ3v) is 6.17. The van der Waals surface area contributed by atoms with Crippen molar-refractivity contribution in [1.82, 2.24) is 10.4 Å². The Kier molecular flexibility index (Phi) is 6.86. The minimum atomic E-state index is -1.13. The molecule has 4 rings (SSSR count). The van der Waals surface area contributed by atoms with E-state index >= 15 is 0 Å². The van der Waals surface area contributed by atoms with Gasteiger partial charge < -0.3 is 9.47 Å². The molecule has 0 saturated heterocycles. The highest BCUT2D eigenvalue weighted by Gasteiger charge is 2.36. The molecule has 1 aliphatic heterocycles. The number of pyridine rings is 1. The number of rotatable bonds is 6. The summed E-state index contributed by atoms with van der Waals surface area (Å²) in [5.41, 5.74) is 3.02. The van der Waals surface area contributed by atoms with Crippen molar-refractivity contribution in [3.63, 3.8) is 0 Å². The van der Waals surface area contributed by atoms with Gasteiger partial charge in [-0.25, -0.2) is 9.63 Å². The quantitative estimate of drug-likeness (QED) is 0.491. The van der Waals surface area contributed by atoms with Crippen molar-refractivity contribution in [2.75, 3.05) is 0 Å². The fourth-order valence-electron chi connectivity index (χ4n) is 4.35. The van der Waals surface area contributed by atoms with E-state index in [0.29, 0.717) is 16.5 Å². The molecule has 2 aromatic rings. The first-order valence-corrected chi connectivity index (χ1v) is 10.7. The highest BCUT2D eigenvalue weighted by molar-refractivity contribution is 6.30. The lowest BCUT2D eigenvalue weighted by Gasteiger charge is -2.28. The molecule has 1 aliphatic carbocycles. The van der Waals surface area contributed by atoms with Crippen molar-refractivity contribution >= 4 is 17.6 Å². The van der Waals surface area contributed by atoms with E-state index in [1.165, 1.54) is 0 Å². The first-order chi connectivity index (χ1) is 14.9. The second kappa shape index (κ2) is 9.60. The van der Waals surface area contributed by atoms with Gasteiger partial charge in [0.05, 0.1) is 17.7 Å². The van der Waals surface area contributed by atoms with Crippen LogP contribution < -0.4 is 4.74 Å². The Morgan fingerprint density at radius 3 is 2.61 bits per heavy atom. The van der Waals surface area contributed by atoms with Crippen LogP contribution in [0.3, 0.4) is 0 Å². The van der Waals surface area contributed by atoms with E-state index in [2.05, 4.69) is 4.98 Å². The smallest absolute Gasteiger partial charge is 0.343 e. The van der Waals surface area contributed by atoms with E-state index in [4.69, 9.17) is 25.9 Å². The maximum atomic E-state index is 13.0. The second-order valence-electron chi connectivity index (χ2n) is 7.95. The number of esters is 1. The number of ether oxygens (including phenoxy) is 2. The standard InChI is InChI=1S/C22H25ClN2O6/c1-13-19(30-22(26)21(31-25(27)28)14-5-3-2-4-6-14)18-12-29-20(17(18)11-24-13)15-7-9-16(23)10-8-15/h7-11,14,20-21,27-28H,2-6,12H2,1H3. The number of aromatic nitrogens is 1. The molecule has 0 radical (unpaired) electrons. The molecule has 2 atom stereocenters. The van der Waals surface area contributed by atoms with Crippen LogP contribution in [0.5, 0.6) is 5.75 Å². The van der Waals surface area contributed by atoms with E-state index in [1.54, 1.807) is 25.3 Å². The number of aryl methyl sites for hydroxylation is 1. The monoisotopic (exact) mass is 448 g/mol. The molecule has 0 bridgehead atoms. The molecule has 1 aromatic carbocycles. The van der Waals surface area contributed by atoms with Crippen LogP contribution in [-0.4, -0.2) is 32.9 Å². The van der Waals surface area contributed by atoms with Gasteiger partial charge in [0.2, 0.25) is 0 Å². The first kappa shape index (κ1) is 22.1. The molecule has 2 unspecified atom stereocenters. The lowest BCUT2D eigenvalue weighted by atomic mass is 9.85. The Morgan fingerprint density at radius 1 is 1.23 bits per heavy atom. The highest BCUT2D eigenvalue weighted by Crippen LogP contribution is 2.41. The Bertz CT molecular complexity index is 930. The Labute approximate surface area is 185 Å². The lowest BCUT2D eigenvalue weighted by molar-refractivity contribution is -0.504. The van der Waals surface area contributed by atoms with Gasteiger partial charge in [-0.1, -0.05) is 43.0 Å². The molecule has 0 amide bonds. The zero-order valence-electron chi connectivity index (χ0n) is 17.2. The normalized spacial score (nSPS) is 20.0. The maximum Gasteiger partial charge on any atom is 0.343 e. The summed E-state index contributed by atoms with van der Waals surface area (Å²) in [4.78, 5) is 22.4. The van der Waals surface area contributed by atoms with Gasteiger partial charge in [-0.2, -0.15) is 0 Å². The Hall–Kier alpha value is -2.07. The fraction of sp³-hybridized carbons (Fsp3) is 0.455. The molecular formula is C22H25ClN2O6. The SMILES string of the molecule is Cc1ncc2c(c1OC(=O)C(ON(O)O)C1CCCCC1)COC2c1ccc(Cl)cc1. The topological polar surface area (TPSA) is 101 Å². The van der Waals surface area contributed by atoms with Crippen molar-refractivity contribution in [2.45, 2.75) is 57.8 Å². The summed E-state index contributed by atoms with van der Waals surface area (Å²) in [6, 6.07) is 7.36. The summed E-state index contributed by atoms with van der Waals surface area (Å²) in [7, 11) is 0. The van der Waals surface area contributed by atoms with Crippen molar-refractivity contribution in [3.8, 4) is 5.75 Å². The van der Waals surface area contributed by atoms with Gasteiger partial charge in [0.15, 0.2) is 11.9 Å². The van der Waals surface area contributed by atoms with Crippen LogP contribution in [0.4, 0.5) is 0 Å². The molecule has 1 saturated carbocycles. The summed E-state index contributed by atoms with van der Waals surface area (Å²) in [5, 5.41) is 18.6. The lowest BCUT2D eigenvalue weighted by Crippen LogP contribution is -2.40. The largest absolute Gasteiger partial charge is 0.422 e. The number of hydrogen-bond acceptors (Lipinski definition) is 8. The molecule has 2 N–H and O–H groups in total. The van der Waals surface area contributed by atoms with E-state index < -0.39 is 17.5 Å². The minimum Gasteiger partial charge on any atom is -0.422 e. The molecule has 2 aliphatic rings. The van der Waals surface area contributed by atoms with Gasteiger partial charge >= 0.3 is 5.97 Å². The van der Waals surface area contributed by atoms with Crippen LogP contribution in [0.1, 0.15) is 60.6 Å². The van der Waals surface area contributed by atoms with Crippen LogP contribution in [0.25, 0.3) is 0 Å². The summed E-state index contributed by atoms with van der Waals surface area (Å²) >= 11 is 5.99. The number of fused-ring (bicyclic) bond motifs is 1. The zero-order chi connectivity index (χ0) is 22.0. The molecular weight excluding hydrogens is 424 g/mol. The van der Waals surface area contributed by atoms with Crippen molar-refractivity contribution in [1.29, 1.82) is 0 Å². The van der Waals surface area contributed by atoms with Gasteiger partial charge in [0, 0.05) is 22.3 Å². The molecule has 166 valence electrons. The van der Waals surface area contributed by atoms with E-state index in [0.717, 1.165) is 48.8 Å². The maximum absolute atomic E-state index is 13.0. The third kappa shape index (κ3) is 4.90. The van der Waals surface area contributed by atoms with Crippen molar-refractivity contribution in [3.05, 3.63) is 57.9 Å². The number of carbonyl (C=O) groups is 1. The Balaban J connectivity index is 1.59. The molecule has 31 heavy (non-hydrogen) atoms. The Morgan fingerprint density at radius 2 is 1.94 bits per heavy atom. The third-order valence-electron chi connectivity index (χ3n) is 5.92. The van der Waals surface area contributed by atoms with Crippen molar-refractivity contribution in [2.24, 2.45) is 5.92 Å². The van der Waals surface area contributed by atoms with Crippen molar-refractivity contribution < 1.29 is 29.5 Å². The van der Waals surface area contributed by atoms with Gasteiger partial charge in [-0.15, -0.1) is 0 Å². The van der Waals surface area contributed by atoms with Crippen LogP contribution in [0.2, 0.25) is 5.02 Å². The summed E-state index contributed by atoms with van der Waals surface area (Å²) < 4.78 is 11.7. The predicted molar refractivity (Wildman–Crippen MR) is 110 cm³/mol. The molecule has 9 heteroatoms. The summed E-state index contributed by atoms with van der Waals surface area (Å²) in [6.45, 7) is 2.01. The van der Waals surface area contributed by atoms with Gasteiger partial charge in [-0.05, 0) is 43.4 Å². The van der Waals surface area contributed by atoms with Gasteiger partial charge in [-0.3, -0.25) is 15.4 Å². The van der Waals surface area contributed by atoms with E-state index in [1.807, 2.05) is 12.1 Å². The second-order valence-corrected chi connectivity index (χ2v) is 8.38. The predicted octanol–water partition coefficient (Wildman–Crippen LogP) is 4.53. The zero-order valence-corrected chi connectivity index (χ0v) is 17.9. The molecule has 8 nitrogen and oxygen atoms in total. The number of hydrogen-bond donors (Lipinski definition) is 2. The summed E-state index contributed by atoms with van der Waals surface area (Å²) in [6.07, 6.45) is 4.75. The van der Waals surface area contributed by atoms with Crippen LogP contribution in [0, 0.1) is 12.8 Å². The van der Waals surface area contributed by atoms with Crippen LogP contribution >= 0.6 is 11.6 Å².